The van der Waals surface area contributed by atoms with Gasteiger partial charge in [0, 0.05) is 6.08 Å². The Bertz CT molecular complexity index is 356. The van der Waals surface area contributed by atoms with Crippen molar-refractivity contribution in [2.75, 3.05) is 0 Å². The minimum atomic E-state index is -0.500. The molecule has 0 fully saturated rings. The molecule has 0 unspecified atom stereocenters. The largest absolute Gasteiger partial charge is 0.508 e. The fourth-order valence-corrected chi connectivity index (χ4v) is 0.908. The lowest BCUT2D eigenvalue weighted by Crippen LogP contribution is -2.05. The Morgan fingerprint density at radius 1 is 1.54 bits per heavy atom. The third-order valence-electron chi connectivity index (χ3n) is 1.67. The number of carbonyl (C=O) groups excluding carboxylic acids is 1. The Morgan fingerprint density at radius 2 is 2.23 bits per heavy atom. The third-order valence-corrected chi connectivity index (χ3v) is 1.67. The molecule has 13 heavy (non-hydrogen) atoms. The number of primary amides is 1. The molecule has 0 spiro atoms. The Labute approximate surface area is 76.5 Å². The van der Waals surface area contributed by atoms with Crippen LogP contribution >= 0.6 is 0 Å². The fraction of sp³-hybridized carbons (Fsp3) is 0.100. The van der Waals surface area contributed by atoms with Crippen molar-refractivity contribution in [2.24, 2.45) is 5.73 Å². The molecule has 1 aromatic rings. The van der Waals surface area contributed by atoms with E-state index in [1.54, 1.807) is 31.2 Å². The predicted octanol–water partition coefficient (Wildman–Crippen LogP) is 1.20. The molecule has 0 bridgehead atoms. The van der Waals surface area contributed by atoms with Gasteiger partial charge >= 0.3 is 0 Å². The first-order chi connectivity index (χ1) is 6.09. The van der Waals surface area contributed by atoms with E-state index in [2.05, 4.69) is 0 Å². The second-order valence-corrected chi connectivity index (χ2v) is 2.78. The van der Waals surface area contributed by atoms with Crippen LogP contribution in [0.15, 0.2) is 24.3 Å². The van der Waals surface area contributed by atoms with Crippen molar-refractivity contribution in [1.29, 1.82) is 0 Å². The van der Waals surface area contributed by atoms with E-state index in [0.29, 0.717) is 0 Å². The van der Waals surface area contributed by atoms with Crippen molar-refractivity contribution in [3.8, 4) is 5.75 Å². The summed E-state index contributed by atoms with van der Waals surface area (Å²) >= 11 is 0. The molecular weight excluding hydrogens is 166 g/mol. The maximum atomic E-state index is 10.4. The highest BCUT2D eigenvalue weighted by molar-refractivity contribution is 5.90. The number of nitrogens with two attached hydrogens (primary N) is 1. The highest BCUT2D eigenvalue weighted by atomic mass is 16.3. The summed E-state index contributed by atoms with van der Waals surface area (Å²) in [5, 5.41) is 9.32. The molecule has 1 aromatic carbocycles. The number of phenols is 1. The van der Waals surface area contributed by atoms with Crippen LogP contribution in [0.2, 0.25) is 0 Å². The Balaban J connectivity index is 2.92. The van der Waals surface area contributed by atoms with Crippen LogP contribution < -0.4 is 5.73 Å². The van der Waals surface area contributed by atoms with Crippen LogP contribution in [-0.4, -0.2) is 11.0 Å². The van der Waals surface area contributed by atoms with Crippen molar-refractivity contribution in [2.45, 2.75) is 6.92 Å². The van der Waals surface area contributed by atoms with Gasteiger partial charge in [0.05, 0.1) is 0 Å². The third kappa shape index (κ3) is 2.63. The van der Waals surface area contributed by atoms with Gasteiger partial charge in [-0.25, -0.2) is 0 Å². The van der Waals surface area contributed by atoms with Gasteiger partial charge in [-0.05, 0) is 30.2 Å². The van der Waals surface area contributed by atoms with Crippen LogP contribution in [0, 0.1) is 6.92 Å². The van der Waals surface area contributed by atoms with E-state index < -0.39 is 5.91 Å². The molecule has 1 amide bonds. The molecular formula is C10H11NO2. The minimum Gasteiger partial charge on any atom is -0.508 e. The van der Waals surface area contributed by atoms with E-state index in [1.807, 2.05) is 0 Å². The zero-order chi connectivity index (χ0) is 9.84. The molecule has 3 N–H and O–H groups in total. The van der Waals surface area contributed by atoms with Crippen molar-refractivity contribution < 1.29 is 9.90 Å². The molecule has 3 heteroatoms. The summed E-state index contributed by atoms with van der Waals surface area (Å²) in [6, 6.07) is 5.15. The summed E-state index contributed by atoms with van der Waals surface area (Å²) in [5.74, 6) is -0.285. The first kappa shape index (κ1) is 9.32. The van der Waals surface area contributed by atoms with Crippen LogP contribution in [0.5, 0.6) is 5.75 Å². The number of phenolic OH excluding ortho intramolecular Hbond substituents is 1. The minimum absolute atomic E-state index is 0.214. The summed E-state index contributed by atoms with van der Waals surface area (Å²) in [5.41, 5.74) is 6.47. The van der Waals surface area contributed by atoms with Crippen molar-refractivity contribution >= 4 is 12.0 Å². The van der Waals surface area contributed by atoms with E-state index >= 15 is 0 Å². The number of rotatable bonds is 2. The first-order valence-corrected chi connectivity index (χ1v) is 3.87. The maximum Gasteiger partial charge on any atom is 0.241 e. The molecule has 0 aliphatic heterocycles. The Hall–Kier alpha value is -1.77. The summed E-state index contributed by atoms with van der Waals surface area (Å²) in [4.78, 5) is 10.4. The number of hydrogen-bond donors (Lipinski definition) is 2. The summed E-state index contributed by atoms with van der Waals surface area (Å²) in [6.45, 7) is 1.80. The number of benzene rings is 1. The molecule has 0 aromatic heterocycles. The SMILES string of the molecule is Cc1ccc(/C=C/C(N)=O)cc1O. The normalized spacial score (nSPS) is 10.5. The molecule has 0 atom stereocenters. The van der Waals surface area contributed by atoms with Crippen molar-refractivity contribution in [3.05, 3.63) is 35.4 Å². The van der Waals surface area contributed by atoms with E-state index in [-0.39, 0.29) is 5.75 Å². The van der Waals surface area contributed by atoms with Crippen LogP contribution in [0.3, 0.4) is 0 Å². The predicted molar refractivity (Wildman–Crippen MR) is 51.1 cm³/mol. The highest BCUT2D eigenvalue weighted by Gasteiger charge is 1.95. The van der Waals surface area contributed by atoms with Gasteiger partial charge in [-0.2, -0.15) is 0 Å². The van der Waals surface area contributed by atoms with Gasteiger partial charge in [-0.1, -0.05) is 12.1 Å². The molecule has 0 radical (unpaired) electrons. The number of aromatic hydroxyl groups is 1. The number of carbonyl (C=O) groups is 1. The van der Waals surface area contributed by atoms with Crippen LogP contribution in [-0.2, 0) is 4.79 Å². The van der Waals surface area contributed by atoms with Gasteiger partial charge in [-0.15, -0.1) is 0 Å². The smallest absolute Gasteiger partial charge is 0.241 e. The maximum absolute atomic E-state index is 10.4. The molecule has 0 saturated heterocycles. The van der Waals surface area contributed by atoms with Gasteiger partial charge in [-0.3, -0.25) is 4.79 Å². The van der Waals surface area contributed by atoms with E-state index in [0.717, 1.165) is 11.1 Å². The van der Waals surface area contributed by atoms with Crippen molar-refractivity contribution in [1.82, 2.24) is 0 Å². The van der Waals surface area contributed by atoms with Crippen LogP contribution in [0.4, 0.5) is 0 Å². The molecule has 0 saturated carbocycles. The number of amides is 1. The zero-order valence-electron chi connectivity index (χ0n) is 7.32. The molecule has 0 aliphatic rings. The van der Waals surface area contributed by atoms with E-state index in [1.165, 1.54) is 6.08 Å². The standard InChI is InChI=1S/C10H11NO2/c1-7-2-3-8(6-9(7)12)4-5-10(11)13/h2-6,12H,1H3,(H2,11,13)/b5-4+. The lowest BCUT2D eigenvalue weighted by molar-refractivity contribution is -0.113. The van der Waals surface area contributed by atoms with E-state index in [9.17, 15) is 9.90 Å². The quantitative estimate of drug-likeness (QED) is 0.666. The first-order valence-electron chi connectivity index (χ1n) is 3.87. The van der Waals surface area contributed by atoms with Gasteiger partial charge in [0.25, 0.3) is 0 Å². The number of hydrogen-bond acceptors (Lipinski definition) is 2. The summed E-state index contributed by atoms with van der Waals surface area (Å²) in [7, 11) is 0. The lowest BCUT2D eigenvalue weighted by Gasteiger charge is -1.98. The van der Waals surface area contributed by atoms with Gasteiger partial charge in [0.15, 0.2) is 0 Å². The monoisotopic (exact) mass is 177 g/mol. The van der Waals surface area contributed by atoms with E-state index in [4.69, 9.17) is 5.73 Å². The van der Waals surface area contributed by atoms with Gasteiger partial charge < -0.3 is 10.8 Å². The second kappa shape index (κ2) is 3.76. The van der Waals surface area contributed by atoms with Gasteiger partial charge in [0.1, 0.15) is 5.75 Å². The van der Waals surface area contributed by atoms with Crippen LogP contribution in [0.1, 0.15) is 11.1 Å². The molecule has 1 rings (SSSR count). The van der Waals surface area contributed by atoms with Crippen LogP contribution in [0.25, 0.3) is 6.08 Å². The average molecular weight is 177 g/mol. The topological polar surface area (TPSA) is 63.3 Å². The number of aryl methyl sites for hydroxylation is 1. The Morgan fingerprint density at radius 3 is 2.77 bits per heavy atom. The second-order valence-electron chi connectivity index (χ2n) is 2.78. The average Bonchev–Trinajstić information content (AvgIpc) is 2.07. The fourth-order valence-electron chi connectivity index (χ4n) is 0.908. The van der Waals surface area contributed by atoms with Crippen molar-refractivity contribution in [3.63, 3.8) is 0 Å². The van der Waals surface area contributed by atoms with Gasteiger partial charge in [0.2, 0.25) is 5.91 Å². The molecule has 0 aliphatic carbocycles. The zero-order valence-corrected chi connectivity index (χ0v) is 7.32. The molecule has 68 valence electrons. The molecule has 0 heterocycles. The Kier molecular flexibility index (Phi) is 2.69. The molecule has 3 nitrogen and oxygen atoms in total. The lowest BCUT2D eigenvalue weighted by atomic mass is 10.1. The summed E-state index contributed by atoms with van der Waals surface area (Å²) < 4.78 is 0. The summed E-state index contributed by atoms with van der Waals surface area (Å²) in [6.07, 6.45) is 2.81. The highest BCUT2D eigenvalue weighted by Crippen LogP contribution is 2.17.